The van der Waals surface area contributed by atoms with Crippen LogP contribution >= 0.6 is 11.3 Å². The normalized spacial score (nSPS) is 15.2. The molecular formula is C22H20N4O4S2. The number of amides is 2. The van der Waals surface area contributed by atoms with E-state index in [9.17, 15) is 18.0 Å². The lowest BCUT2D eigenvalue weighted by Crippen LogP contribution is -2.33. The van der Waals surface area contributed by atoms with E-state index in [1.807, 2.05) is 30.3 Å². The average Bonchev–Trinajstić information content (AvgIpc) is 3.26. The third-order valence-corrected chi connectivity index (χ3v) is 7.12. The number of sulfonamides is 1. The van der Waals surface area contributed by atoms with Crippen molar-refractivity contribution in [1.29, 1.82) is 0 Å². The summed E-state index contributed by atoms with van der Waals surface area (Å²) in [5.41, 5.74) is 2.32. The monoisotopic (exact) mass is 468 g/mol. The summed E-state index contributed by atoms with van der Waals surface area (Å²) in [6.07, 6.45) is 5.11. The highest BCUT2D eigenvalue weighted by atomic mass is 32.2. The minimum absolute atomic E-state index is 0.0554. The van der Waals surface area contributed by atoms with Crippen molar-refractivity contribution in [3.05, 3.63) is 77.4 Å². The molecule has 32 heavy (non-hydrogen) atoms. The molecule has 0 saturated heterocycles. The Balaban J connectivity index is 1.46. The van der Waals surface area contributed by atoms with Crippen molar-refractivity contribution in [2.24, 2.45) is 0 Å². The van der Waals surface area contributed by atoms with Crippen LogP contribution in [0.4, 0.5) is 10.8 Å². The van der Waals surface area contributed by atoms with Crippen LogP contribution in [-0.4, -0.2) is 30.1 Å². The lowest BCUT2D eigenvalue weighted by Gasteiger charge is -2.32. The summed E-state index contributed by atoms with van der Waals surface area (Å²) in [5.74, 6) is -0.446. The van der Waals surface area contributed by atoms with Gasteiger partial charge in [-0.1, -0.05) is 24.3 Å². The molecule has 3 aromatic rings. The molecule has 1 atom stereocenters. The number of hydrogen-bond donors (Lipinski definition) is 2. The molecule has 1 aliphatic rings. The molecule has 0 fully saturated rings. The second-order valence-electron chi connectivity index (χ2n) is 7.11. The van der Waals surface area contributed by atoms with Gasteiger partial charge >= 0.3 is 0 Å². The minimum atomic E-state index is -3.77. The Labute approximate surface area is 189 Å². The van der Waals surface area contributed by atoms with Gasteiger partial charge in [0.25, 0.3) is 10.0 Å². The summed E-state index contributed by atoms with van der Waals surface area (Å²) in [7, 11) is -3.77. The number of thiazole rings is 1. The molecular weight excluding hydrogens is 448 g/mol. The number of nitrogens with zero attached hydrogens (tertiary/aromatic N) is 2. The van der Waals surface area contributed by atoms with Crippen LogP contribution in [0.25, 0.3) is 6.08 Å². The number of fused-ring (bicyclic) bond motifs is 1. The Kier molecular flexibility index (Phi) is 6.06. The number of aromatic nitrogens is 1. The van der Waals surface area contributed by atoms with Crippen molar-refractivity contribution >= 4 is 50.1 Å². The van der Waals surface area contributed by atoms with Crippen molar-refractivity contribution in [3.8, 4) is 0 Å². The van der Waals surface area contributed by atoms with E-state index in [-0.39, 0.29) is 28.3 Å². The second-order valence-corrected chi connectivity index (χ2v) is 9.68. The van der Waals surface area contributed by atoms with E-state index in [1.165, 1.54) is 48.7 Å². The Morgan fingerprint density at radius 3 is 2.56 bits per heavy atom. The van der Waals surface area contributed by atoms with Gasteiger partial charge < -0.3 is 10.2 Å². The lowest BCUT2D eigenvalue weighted by molar-refractivity contribution is -0.129. The first-order valence-electron chi connectivity index (χ1n) is 9.72. The highest BCUT2D eigenvalue weighted by Gasteiger charge is 2.28. The summed E-state index contributed by atoms with van der Waals surface area (Å²) in [5, 5.41) is 4.73. The van der Waals surface area contributed by atoms with E-state index < -0.39 is 16.1 Å². The predicted octanol–water partition coefficient (Wildman–Crippen LogP) is 3.85. The molecule has 0 radical (unpaired) electrons. The molecule has 2 heterocycles. The molecule has 2 N–H and O–H groups in total. The zero-order valence-corrected chi connectivity index (χ0v) is 18.7. The zero-order chi connectivity index (χ0) is 22.7. The van der Waals surface area contributed by atoms with E-state index in [0.29, 0.717) is 5.69 Å². The smallest absolute Gasteiger partial charge is 0.263 e. The Morgan fingerprint density at radius 2 is 1.88 bits per heavy atom. The van der Waals surface area contributed by atoms with Gasteiger partial charge in [0.1, 0.15) is 0 Å². The molecule has 1 aliphatic heterocycles. The van der Waals surface area contributed by atoms with Gasteiger partial charge in [0.15, 0.2) is 5.13 Å². The Hall–Kier alpha value is -3.50. The largest absolute Gasteiger partial charge is 0.326 e. The fourth-order valence-corrected chi connectivity index (χ4v) is 5.25. The third-order valence-electron chi connectivity index (χ3n) is 4.95. The van der Waals surface area contributed by atoms with Gasteiger partial charge in [0.2, 0.25) is 11.8 Å². The minimum Gasteiger partial charge on any atom is -0.326 e. The number of anilines is 2. The van der Waals surface area contributed by atoms with Gasteiger partial charge in [-0.3, -0.25) is 14.3 Å². The van der Waals surface area contributed by atoms with Gasteiger partial charge in [0.05, 0.1) is 17.4 Å². The van der Waals surface area contributed by atoms with Crippen molar-refractivity contribution in [2.45, 2.75) is 24.3 Å². The SMILES string of the molecule is CC(=O)N1C=Cc2ccccc2C1CC(=O)Nc1ccc(S(=O)(=O)Nc2nccs2)cc1. The summed E-state index contributed by atoms with van der Waals surface area (Å²) >= 11 is 1.18. The third kappa shape index (κ3) is 4.71. The van der Waals surface area contributed by atoms with Crippen LogP contribution in [0.3, 0.4) is 0 Å². The summed E-state index contributed by atoms with van der Waals surface area (Å²) in [6.45, 7) is 1.46. The average molecular weight is 469 g/mol. The number of rotatable bonds is 6. The maximum atomic E-state index is 12.7. The highest BCUT2D eigenvalue weighted by molar-refractivity contribution is 7.93. The fourth-order valence-electron chi connectivity index (χ4n) is 3.47. The topological polar surface area (TPSA) is 108 Å². The second kappa shape index (κ2) is 8.93. The van der Waals surface area contributed by atoms with Crippen LogP contribution < -0.4 is 10.0 Å². The molecule has 1 unspecified atom stereocenters. The van der Waals surface area contributed by atoms with E-state index >= 15 is 0 Å². The van der Waals surface area contributed by atoms with Crippen LogP contribution in [0.15, 0.2) is 71.2 Å². The van der Waals surface area contributed by atoms with Crippen LogP contribution in [0, 0.1) is 0 Å². The maximum Gasteiger partial charge on any atom is 0.263 e. The molecule has 10 heteroatoms. The number of carbonyl (C=O) groups is 2. The van der Waals surface area contributed by atoms with Gasteiger partial charge in [-0.15, -0.1) is 11.3 Å². The summed E-state index contributed by atoms with van der Waals surface area (Å²) in [6, 6.07) is 13.1. The molecule has 0 spiro atoms. The number of hydrogen-bond acceptors (Lipinski definition) is 6. The van der Waals surface area contributed by atoms with Crippen molar-refractivity contribution in [2.75, 3.05) is 10.0 Å². The van der Waals surface area contributed by atoms with E-state index in [2.05, 4.69) is 15.0 Å². The highest BCUT2D eigenvalue weighted by Crippen LogP contribution is 2.33. The van der Waals surface area contributed by atoms with E-state index in [1.54, 1.807) is 16.5 Å². The first-order chi connectivity index (χ1) is 15.3. The van der Waals surface area contributed by atoms with Gasteiger partial charge in [-0.05, 0) is 41.5 Å². The number of benzene rings is 2. The number of nitrogens with one attached hydrogen (secondary N) is 2. The first-order valence-corrected chi connectivity index (χ1v) is 12.1. The Morgan fingerprint density at radius 1 is 1.12 bits per heavy atom. The maximum absolute atomic E-state index is 12.7. The van der Waals surface area contributed by atoms with Gasteiger partial charge in [-0.2, -0.15) is 0 Å². The molecule has 0 bridgehead atoms. The van der Waals surface area contributed by atoms with Crippen molar-refractivity contribution < 1.29 is 18.0 Å². The molecule has 2 amide bonds. The summed E-state index contributed by atoms with van der Waals surface area (Å²) in [4.78, 5) is 30.3. The predicted molar refractivity (Wildman–Crippen MR) is 123 cm³/mol. The van der Waals surface area contributed by atoms with E-state index in [4.69, 9.17) is 0 Å². The standard InChI is InChI=1S/C22H20N4O4S2/c1-15(27)26-12-10-16-4-2-3-5-19(16)20(26)14-21(28)24-17-6-8-18(9-7-17)32(29,30)25-22-23-11-13-31-22/h2-13,20H,14H2,1H3,(H,23,25)(H,24,28). The van der Waals surface area contributed by atoms with Gasteiger partial charge in [0, 0.05) is 30.4 Å². The molecule has 8 nitrogen and oxygen atoms in total. The zero-order valence-electron chi connectivity index (χ0n) is 17.1. The molecule has 0 saturated carbocycles. The lowest BCUT2D eigenvalue weighted by atomic mass is 9.93. The fraction of sp³-hybridized carbons (Fsp3) is 0.136. The number of carbonyl (C=O) groups excluding carboxylic acids is 2. The van der Waals surface area contributed by atoms with Crippen LogP contribution in [-0.2, 0) is 19.6 Å². The molecule has 1 aromatic heterocycles. The van der Waals surface area contributed by atoms with E-state index in [0.717, 1.165) is 11.1 Å². The van der Waals surface area contributed by atoms with Crippen molar-refractivity contribution in [3.63, 3.8) is 0 Å². The van der Waals surface area contributed by atoms with Gasteiger partial charge in [-0.25, -0.2) is 13.4 Å². The molecule has 4 rings (SSSR count). The Bertz CT molecular complexity index is 1270. The molecule has 0 aliphatic carbocycles. The first kappa shape index (κ1) is 21.7. The molecule has 2 aromatic carbocycles. The summed E-state index contributed by atoms with van der Waals surface area (Å²) < 4.78 is 27.3. The van der Waals surface area contributed by atoms with Crippen LogP contribution in [0.5, 0.6) is 0 Å². The van der Waals surface area contributed by atoms with Crippen molar-refractivity contribution in [1.82, 2.24) is 9.88 Å². The van der Waals surface area contributed by atoms with Crippen LogP contribution in [0.2, 0.25) is 0 Å². The quantitative estimate of drug-likeness (QED) is 0.571. The van der Waals surface area contributed by atoms with Crippen LogP contribution in [0.1, 0.15) is 30.5 Å². The molecule has 164 valence electrons.